The third-order valence-electron chi connectivity index (χ3n) is 4.89. The molecule has 0 aromatic rings. The van der Waals surface area contributed by atoms with Crippen molar-refractivity contribution in [2.24, 2.45) is 5.92 Å². The molecule has 122 valence electrons. The summed E-state index contributed by atoms with van der Waals surface area (Å²) >= 11 is 0. The zero-order valence-corrected chi connectivity index (χ0v) is 13.8. The normalized spacial score (nSPS) is 28.3. The molecule has 0 bridgehead atoms. The molecular formula is C16H31N3O2. The molecule has 2 unspecified atom stereocenters. The lowest BCUT2D eigenvalue weighted by Gasteiger charge is -2.43. The molecule has 2 saturated heterocycles. The van der Waals surface area contributed by atoms with E-state index in [1.54, 1.807) is 0 Å². The van der Waals surface area contributed by atoms with E-state index < -0.39 is 0 Å². The first kappa shape index (κ1) is 16.7. The number of amides is 1. The Hall–Kier alpha value is -0.650. The van der Waals surface area contributed by atoms with Gasteiger partial charge in [-0.25, -0.2) is 0 Å². The van der Waals surface area contributed by atoms with E-state index >= 15 is 0 Å². The molecule has 0 aliphatic carbocycles. The molecule has 2 aliphatic rings. The Bertz CT molecular complexity index is 340. The van der Waals surface area contributed by atoms with Gasteiger partial charge < -0.3 is 15.4 Å². The number of carbonyl (C=O) groups excluding carboxylic acids is 1. The number of piperidine rings is 1. The highest BCUT2D eigenvalue weighted by molar-refractivity contribution is 5.82. The molecular weight excluding hydrogens is 266 g/mol. The zero-order valence-electron chi connectivity index (χ0n) is 13.8. The van der Waals surface area contributed by atoms with Gasteiger partial charge in [0, 0.05) is 25.2 Å². The van der Waals surface area contributed by atoms with E-state index in [1.807, 2.05) is 0 Å². The minimum absolute atomic E-state index is 0.0129. The van der Waals surface area contributed by atoms with Crippen LogP contribution in [0.3, 0.4) is 0 Å². The smallest absolute Gasteiger partial charge is 0.239 e. The average molecular weight is 297 g/mol. The zero-order chi connectivity index (χ0) is 15.3. The summed E-state index contributed by atoms with van der Waals surface area (Å²) in [4.78, 5) is 14.7. The number of hydrogen-bond acceptors (Lipinski definition) is 4. The van der Waals surface area contributed by atoms with Gasteiger partial charge in [-0.1, -0.05) is 13.3 Å². The van der Waals surface area contributed by atoms with Crippen LogP contribution in [0.1, 0.15) is 40.0 Å². The molecule has 21 heavy (non-hydrogen) atoms. The molecule has 2 fully saturated rings. The number of nitrogens with one attached hydrogen (secondary N) is 2. The van der Waals surface area contributed by atoms with E-state index in [0.717, 1.165) is 25.6 Å². The number of carbonyl (C=O) groups is 1. The number of nitrogens with zero attached hydrogens (tertiary/aromatic N) is 1. The van der Waals surface area contributed by atoms with Crippen LogP contribution in [-0.2, 0) is 9.53 Å². The molecule has 0 aromatic heterocycles. The average Bonchev–Trinajstić information content (AvgIpc) is 2.53. The van der Waals surface area contributed by atoms with Gasteiger partial charge in [-0.3, -0.25) is 9.69 Å². The molecule has 5 heteroatoms. The predicted octanol–water partition coefficient (Wildman–Crippen LogP) is 0.992. The van der Waals surface area contributed by atoms with Gasteiger partial charge in [0.1, 0.15) is 6.04 Å². The van der Waals surface area contributed by atoms with Crippen LogP contribution in [0, 0.1) is 5.92 Å². The standard InChI is InChI=1S/C16H31N3O2/c1-4-13-6-5-8-19(10-13)16(2,3)12-18-15(20)14-11-21-9-7-17-14/h13-14,17H,4-12H2,1-3H3,(H,18,20). The van der Waals surface area contributed by atoms with Gasteiger partial charge in [0.25, 0.3) is 0 Å². The third-order valence-corrected chi connectivity index (χ3v) is 4.89. The SMILES string of the molecule is CCC1CCCN(C(C)(C)CNC(=O)C2COCCN2)C1. The highest BCUT2D eigenvalue weighted by Gasteiger charge is 2.32. The van der Waals surface area contributed by atoms with E-state index in [4.69, 9.17) is 4.74 Å². The number of ether oxygens (including phenoxy) is 1. The van der Waals surface area contributed by atoms with Crippen molar-refractivity contribution in [1.29, 1.82) is 0 Å². The van der Waals surface area contributed by atoms with Crippen LogP contribution in [0.2, 0.25) is 0 Å². The molecule has 2 atom stereocenters. The van der Waals surface area contributed by atoms with Crippen molar-refractivity contribution in [2.75, 3.05) is 39.4 Å². The second-order valence-corrected chi connectivity index (χ2v) is 6.97. The molecule has 0 radical (unpaired) electrons. The Balaban J connectivity index is 1.81. The van der Waals surface area contributed by atoms with Gasteiger partial charge in [0.2, 0.25) is 5.91 Å². The molecule has 1 amide bonds. The predicted molar refractivity (Wildman–Crippen MR) is 84.3 cm³/mol. The van der Waals surface area contributed by atoms with Crippen LogP contribution >= 0.6 is 0 Å². The van der Waals surface area contributed by atoms with Crippen molar-refractivity contribution >= 4 is 5.91 Å². The van der Waals surface area contributed by atoms with E-state index in [1.165, 1.54) is 19.3 Å². The summed E-state index contributed by atoms with van der Waals surface area (Å²) in [6, 6.07) is -0.195. The molecule has 2 rings (SSSR count). The first-order chi connectivity index (χ1) is 10.0. The molecule has 2 heterocycles. The van der Waals surface area contributed by atoms with E-state index in [9.17, 15) is 4.79 Å². The van der Waals surface area contributed by atoms with Crippen LogP contribution in [0.4, 0.5) is 0 Å². The topological polar surface area (TPSA) is 53.6 Å². The van der Waals surface area contributed by atoms with Crippen molar-refractivity contribution in [2.45, 2.75) is 51.6 Å². The Kier molecular flexibility index (Phi) is 6.02. The quantitative estimate of drug-likeness (QED) is 0.795. The largest absolute Gasteiger partial charge is 0.378 e. The van der Waals surface area contributed by atoms with Crippen molar-refractivity contribution in [3.63, 3.8) is 0 Å². The summed E-state index contributed by atoms with van der Waals surface area (Å²) in [6.45, 7) is 11.7. The molecule has 0 saturated carbocycles. The lowest BCUT2D eigenvalue weighted by Crippen LogP contribution is -2.58. The second kappa shape index (κ2) is 7.56. The first-order valence-corrected chi connectivity index (χ1v) is 8.37. The number of likely N-dealkylation sites (tertiary alicyclic amines) is 1. The fraction of sp³-hybridized carbons (Fsp3) is 0.938. The Morgan fingerprint density at radius 2 is 2.29 bits per heavy atom. The minimum atomic E-state index is -0.195. The maximum atomic E-state index is 12.2. The maximum Gasteiger partial charge on any atom is 0.239 e. The molecule has 2 N–H and O–H groups in total. The Labute approximate surface area is 128 Å². The summed E-state index contributed by atoms with van der Waals surface area (Å²) in [6.07, 6.45) is 3.87. The summed E-state index contributed by atoms with van der Waals surface area (Å²) in [5.74, 6) is 0.869. The van der Waals surface area contributed by atoms with Crippen LogP contribution < -0.4 is 10.6 Å². The molecule has 0 aromatic carbocycles. The van der Waals surface area contributed by atoms with Crippen LogP contribution in [-0.4, -0.2) is 61.8 Å². The van der Waals surface area contributed by atoms with E-state index in [0.29, 0.717) is 19.8 Å². The Morgan fingerprint density at radius 3 is 2.95 bits per heavy atom. The van der Waals surface area contributed by atoms with Gasteiger partial charge in [-0.2, -0.15) is 0 Å². The number of hydrogen-bond donors (Lipinski definition) is 2. The minimum Gasteiger partial charge on any atom is -0.378 e. The van der Waals surface area contributed by atoms with Crippen molar-refractivity contribution in [1.82, 2.24) is 15.5 Å². The molecule has 0 spiro atoms. The maximum absolute atomic E-state index is 12.2. The lowest BCUT2D eigenvalue weighted by atomic mass is 9.91. The van der Waals surface area contributed by atoms with Crippen molar-refractivity contribution in [3.05, 3.63) is 0 Å². The van der Waals surface area contributed by atoms with Gasteiger partial charge in [-0.05, 0) is 39.2 Å². The molecule has 5 nitrogen and oxygen atoms in total. The van der Waals surface area contributed by atoms with Gasteiger partial charge in [-0.15, -0.1) is 0 Å². The van der Waals surface area contributed by atoms with Crippen LogP contribution in [0.25, 0.3) is 0 Å². The fourth-order valence-corrected chi connectivity index (χ4v) is 3.22. The Morgan fingerprint density at radius 1 is 1.48 bits per heavy atom. The van der Waals surface area contributed by atoms with E-state index in [2.05, 4.69) is 36.3 Å². The summed E-state index contributed by atoms with van der Waals surface area (Å²) < 4.78 is 5.35. The fourth-order valence-electron chi connectivity index (χ4n) is 3.22. The summed E-state index contributed by atoms with van der Waals surface area (Å²) in [7, 11) is 0. The monoisotopic (exact) mass is 297 g/mol. The van der Waals surface area contributed by atoms with Crippen LogP contribution in [0.5, 0.6) is 0 Å². The van der Waals surface area contributed by atoms with Gasteiger partial charge in [0.15, 0.2) is 0 Å². The lowest BCUT2D eigenvalue weighted by molar-refractivity contribution is -0.126. The molecule has 2 aliphatic heterocycles. The summed E-state index contributed by atoms with van der Waals surface area (Å²) in [5.41, 5.74) is 0.0129. The van der Waals surface area contributed by atoms with Crippen LogP contribution in [0.15, 0.2) is 0 Å². The van der Waals surface area contributed by atoms with Crippen molar-refractivity contribution in [3.8, 4) is 0 Å². The van der Waals surface area contributed by atoms with Gasteiger partial charge >= 0.3 is 0 Å². The third kappa shape index (κ3) is 4.66. The number of morpholine rings is 1. The van der Waals surface area contributed by atoms with Crippen molar-refractivity contribution < 1.29 is 9.53 Å². The van der Waals surface area contributed by atoms with Gasteiger partial charge in [0.05, 0.1) is 13.2 Å². The highest BCUT2D eigenvalue weighted by Crippen LogP contribution is 2.25. The number of rotatable bonds is 5. The second-order valence-electron chi connectivity index (χ2n) is 6.97. The first-order valence-electron chi connectivity index (χ1n) is 8.37. The van der Waals surface area contributed by atoms with E-state index in [-0.39, 0.29) is 17.5 Å². The highest BCUT2D eigenvalue weighted by atomic mass is 16.5. The summed E-state index contributed by atoms with van der Waals surface area (Å²) in [5, 5.41) is 6.30.